The highest BCUT2D eigenvalue weighted by Crippen LogP contribution is 2.35. The summed E-state index contributed by atoms with van der Waals surface area (Å²) >= 11 is 0. The lowest BCUT2D eigenvalue weighted by Crippen LogP contribution is -2.38. The van der Waals surface area contributed by atoms with Gasteiger partial charge in [-0.1, -0.05) is 6.07 Å². The Kier molecular flexibility index (Phi) is 3.03. The molecule has 3 atom stereocenters. The summed E-state index contributed by atoms with van der Waals surface area (Å²) in [4.78, 5) is 14.4. The normalized spacial score (nSPS) is 28.9. The molecule has 3 aliphatic rings. The van der Waals surface area contributed by atoms with E-state index in [1.54, 1.807) is 0 Å². The summed E-state index contributed by atoms with van der Waals surface area (Å²) in [6.45, 7) is 0.897. The van der Waals surface area contributed by atoms with Crippen LogP contribution in [0.15, 0.2) is 18.2 Å². The molecule has 2 fully saturated rings. The van der Waals surface area contributed by atoms with Crippen LogP contribution >= 0.6 is 0 Å². The zero-order valence-electron chi connectivity index (χ0n) is 12.2. The highest BCUT2D eigenvalue weighted by atomic mass is 16.7. The molecule has 3 aliphatic heterocycles. The molecule has 5 nitrogen and oxygen atoms in total. The second kappa shape index (κ2) is 4.91. The van der Waals surface area contributed by atoms with E-state index in [0.29, 0.717) is 18.6 Å². The number of fused-ring (bicyclic) bond motifs is 3. The van der Waals surface area contributed by atoms with E-state index in [4.69, 9.17) is 9.47 Å². The van der Waals surface area contributed by atoms with Crippen LogP contribution < -0.4 is 14.8 Å². The van der Waals surface area contributed by atoms with Crippen LogP contribution in [-0.4, -0.2) is 36.7 Å². The van der Waals surface area contributed by atoms with Crippen molar-refractivity contribution < 1.29 is 14.3 Å². The first-order valence-electron chi connectivity index (χ1n) is 7.60. The van der Waals surface area contributed by atoms with Crippen LogP contribution in [0.3, 0.4) is 0 Å². The molecule has 0 aliphatic carbocycles. The van der Waals surface area contributed by atoms with E-state index < -0.39 is 0 Å². The number of carbonyl (C=O) groups is 1. The SMILES string of the molecule is CN(Cc1ccc2c(c1)OCO2)C(=O)C1CC2CCC1N2. The minimum atomic E-state index is 0.155. The molecular weight excluding hydrogens is 268 g/mol. The molecule has 4 rings (SSSR count). The topological polar surface area (TPSA) is 50.8 Å². The lowest BCUT2D eigenvalue weighted by molar-refractivity contribution is -0.135. The molecular formula is C16H20N2O3. The van der Waals surface area contributed by atoms with Gasteiger partial charge in [-0.25, -0.2) is 0 Å². The lowest BCUT2D eigenvalue weighted by Gasteiger charge is -2.25. The third kappa shape index (κ3) is 2.25. The molecule has 1 amide bonds. The minimum Gasteiger partial charge on any atom is -0.454 e. The summed E-state index contributed by atoms with van der Waals surface area (Å²) < 4.78 is 10.7. The monoisotopic (exact) mass is 288 g/mol. The lowest BCUT2D eigenvalue weighted by atomic mass is 9.88. The van der Waals surface area contributed by atoms with E-state index in [9.17, 15) is 4.79 Å². The Balaban J connectivity index is 1.43. The van der Waals surface area contributed by atoms with Crippen molar-refractivity contribution in [1.82, 2.24) is 10.2 Å². The second-order valence-corrected chi connectivity index (χ2v) is 6.27. The van der Waals surface area contributed by atoms with Crippen molar-refractivity contribution in [3.8, 4) is 11.5 Å². The molecule has 112 valence electrons. The predicted octanol–water partition coefficient (Wildman–Crippen LogP) is 1.51. The highest BCUT2D eigenvalue weighted by Gasteiger charge is 2.43. The summed E-state index contributed by atoms with van der Waals surface area (Å²) in [6, 6.07) is 6.82. The molecule has 3 heterocycles. The van der Waals surface area contributed by atoms with Gasteiger partial charge in [-0.3, -0.25) is 4.79 Å². The fourth-order valence-electron chi connectivity index (χ4n) is 3.77. The Hall–Kier alpha value is -1.75. The Morgan fingerprint density at radius 3 is 2.95 bits per heavy atom. The van der Waals surface area contributed by atoms with Gasteiger partial charge in [-0.05, 0) is 37.0 Å². The average molecular weight is 288 g/mol. The van der Waals surface area contributed by atoms with Crippen LogP contribution in [0.1, 0.15) is 24.8 Å². The summed E-state index contributed by atoms with van der Waals surface area (Å²) in [5.41, 5.74) is 1.08. The van der Waals surface area contributed by atoms with Gasteiger partial charge < -0.3 is 19.7 Å². The summed E-state index contributed by atoms with van der Waals surface area (Å²) in [6.07, 6.45) is 3.36. The third-order valence-corrected chi connectivity index (χ3v) is 4.85. The average Bonchev–Trinajstić information content (AvgIpc) is 3.21. The van der Waals surface area contributed by atoms with Crippen LogP contribution in [0.4, 0.5) is 0 Å². The molecule has 2 saturated heterocycles. The van der Waals surface area contributed by atoms with E-state index in [-0.39, 0.29) is 18.6 Å². The van der Waals surface area contributed by atoms with Crippen LogP contribution in [0.5, 0.6) is 11.5 Å². The van der Waals surface area contributed by atoms with Gasteiger partial charge in [0.05, 0.1) is 5.92 Å². The van der Waals surface area contributed by atoms with Gasteiger partial charge >= 0.3 is 0 Å². The van der Waals surface area contributed by atoms with Crippen LogP contribution in [0.2, 0.25) is 0 Å². The van der Waals surface area contributed by atoms with Gasteiger partial charge in [0.25, 0.3) is 0 Å². The molecule has 0 spiro atoms. The van der Waals surface area contributed by atoms with Gasteiger partial charge in [0.1, 0.15) is 0 Å². The van der Waals surface area contributed by atoms with Crippen molar-refractivity contribution in [2.24, 2.45) is 5.92 Å². The number of hydrogen-bond acceptors (Lipinski definition) is 4. The number of rotatable bonds is 3. The molecule has 0 aromatic heterocycles. The van der Waals surface area contributed by atoms with Gasteiger partial charge in [0.2, 0.25) is 12.7 Å². The van der Waals surface area contributed by atoms with E-state index in [1.165, 1.54) is 6.42 Å². The van der Waals surface area contributed by atoms with E-state index >= 15 is 0 Å². The van der Waals surface area contributed by atoms with Crippen LogP contribution in [-0.2, 0) is 11.3 Å². The Morgan fingerprint density at radius 1 is 1.33 bits per heavy atom. The number of carbonyl (C=O) groups excluding carboxylic acids is 1. The molecule has 2 bridgehead atoms. The largest absolute Gasteiger partial charge is 0.454 e. The van der Waals surface area contributed by atoms with E-state index in [0.717, 1.165) is 29.9 Å². The van der Waals surface area contributed by atoms with Crippen molar-refractivity contribution in [2.45, 2.75) is 37.9 Å². The Morgan fingerprint density at radius 2 is 2.19 bits per heavy atom. The van der Waals surface area contributed by atoms with Crippen molar-refractivity contribution in [3.05, 3.63) is 23.8 Å². The number of nitrogens with one attached hydrogen (secondary N) is 1. The maximum absolute atomic E-state index is 12.6. The number of ether oxygens (including phenoxy) is 2. The summed E-state index contributed by atoms with van der Waals surface area (Å²) in [5, 5.41) is 3.53. The van der Waals surface area contributed by atoms with E-state index in [1.807, 2.05) is 30.1 Å². The first-order chi connectivity index (χ1) is 10.2. The molecule has 0 radical (unpaired) electrons. The minimum absolute atomic E-state index is 0.155. The number of nitrogens with zero attached hydrogens (tertiary/aromatic N) is 1. The van der Waals surface area contributed by atoms with Crippen LogP contribution in [0, 0.1) is 5.92 Å². The maximum atomic E-state index is 12.6. The third-order valence-electron chi connectivity index (χ3n) is 4.85. The molecule has 3 unspecified atom stereocenters. The van der Waals surface area contributed by atoms with Gasteiger partial charge in [-0.15, -0.1) is 0 Å². The van der Waals surface area contributed by atoms with Gasteiger partial charge in [0.15, 0.2) is 11.5 Å². The number of amides is 1. The zero-order valence-corrected chi connectivity index (χ0v) is 12.2. The highest BCUT2D eigenvalue weighted by molar-refractivity contribution is 5.80. The molecule has 21 heavy (non-hydrogen) atoms. The number of benzene rings is 1. The second-order valence-electron chi connectivity index (χ2n) is 6.27. The quantitative estimate of drug-likeness (QED) is 0.916. The summed E-state index contributed by atoms with van der Waals surface area (Å²) in [5.74, 6) is 1.97. The molecule has 1 N–H and O–H groups in total. The van der Waals surface area contributed by atoms with E-state index in [2.05, 4.69) is 5.32 Å². The maximum Gasteiger partial charge on any atom is 0.231 e. The molecule has 0 saturated carbocycles. The first kappa shape index (κ1) is 13.0. The Bertz CT molecular complexity index is 575. The molecule has 1 aromatic carbocycles. The van der Waals surface area contributed by atoms with Crippen molar-refractivity contribution >= 4 is 5.91 Å². The van der Waals surface area contributed by atoms with Crippen molar-refractivity contribution in [2.75, 3.05) is 13.8 Å². The van der Waals surface area contributed by atoms with Crippen molar-refractivity contribution in [3.63, 3.8) is 0 Å². The predicted molar refractivity (Wildman–Crippen MR) is 77.1 cm³/mol. The molecule has 1 aromatic rings. The number of hydrogen-bond donors (Lipinski definition) is 1. The smallest absolute Gasteiger partial charge is 0.231 e. The first-order valence-corrected chi connectivity index (χ1v) is 7.60. The Labute approximate surface area is 124 Å². The standard InChI is InChI=1S/C16H20N2O3/c1-18(16(19)12-7-11-3-4-13(12)17-11)8-10-2-5-14-15(6-10)21-9-20-14/h2,5-6,11-13,17H,3-4,7-9H2,1H3. The summed E-state index contributed by atoms with van der Waals surface area (Å²) in [7, 11) is 1.89. The molecule has 5 heteroatoms. The van der Waals surface area contributed by atoms with Gasteiger partial charge in [-0.2, -0.15) is 0 Å². The van der Waals surface area contributed by atoms with Gasteiger partial charge in [0, 0.05) is 25.7 Å². The fourth-order valence-corrected chi connectivity index (χ4v) is 3.77. The fraction of sp³-hybridized carbons (Fsp3) is 0.562. The zero-order chi connectivity index (χ0) is 14.4. The van der Waals surface area contributed by atoms with Crippen molar-refractivity contribution in [1.29, 1.82) is 0 Å². The van der Waals surface area contributed by atoms with Crippen LogP contribution in [0.25, 0.3) is 0 Å².